The topological polar surface area (TPSA) is 66.9 Å². The van der Waals surface area contributed by atoms with Gasteiger partial charge in [-0.05, 0) is 42.3 Å². The third kappa shape index (κ3) is 3.33. The minimum absolute atomic E-state index is 0.0243. The van der Waals surface area contributed by atoms with Crippen molar-refractivity contribution in [2.24, 2.45) is 0 Å². The molecule has 0 saturated carbocycles. The summed E-state index contributed by atoms with van der Waals surface area (Å²) < 4.78 is 29.9. The van der Waals surface area contributed by atoms with Crippen molar-refractivity contribution in [1.82, 2.24) is 4.90 Å². The molecule has 2 unspecified atom stereocenters. The number of sulfone groups is 1. The fraction of sp³-hybridized carbons (Fsp3) is 0.350. The molecule has 2 aromatic carbocycles. The van der Waals surface area contributed by atoms with Gasteiger partial charge in [-0.25, -0.2) is 13.2 Å². The van der Waals surface area contributed by atoms with Gasteiger partial charge in [0.05, 0.1) is 30.7 Å². The van der Waals surface area contributed by atoms with Crippen LogP contribution in [-0.4, -0.2) is 50.0 Å². The molecule has 0 aliphatic carbocycles. The molecule has 2 fully saturated rings. The van der Waals surface area contributed by atoms with Gasteiger partial charge in [-0.3, -0.25) is 4.90 Å². The number of carbonyl (C=O) groups excluding carboxylic acids is 1. The van der Waals surface area contributed by atoms with E-state index in [0.717, 1.165) is 11.1 Å². The Kier molecular flexibility index (Phi) is 4.75. The van der Waals surface area contributed by atoms with Gasteiger partial charge in [0.15, 0.2) is 9.84 Å². The van der Waals surface area contributed by atoms with Crippen LogP contribution in [0.4, 0.5) is 10.5 Å². The quantitative estimate of drug-likeness (QED) is 0.712. The lowest BCUT2D eigenvalue weighted by Gasteiger charge is -2.23. The number of amides is 2. The molecule has 2 aromatic rings. The van der Waals surface area contributed by atoms with E-state index in [9.17, 15) is 13.2 Å². The second-order valence-corrected chi connectivity index (χ2v) is 9.84. The summed E-state index contributed by atoms with van der Waals surface area (Å²) in [5.41, 5.74) is 2.42. The molecule has 0 N–H and O–H groups in total. The van der Waals surface area contributed by atoms with Gasteiger partial charge in [0.2, 0.25) is 0 Å². The Morgan fingerprint density at radius 3 is 2.61 bits per heavy atom. The number of halogens is 1. The lowest BCUT2D eigenvalue weighted by Crippen LogP contribution is -2.37. The maximum atomic E-state index is 13.3. The highest BCUT2D eigenvalue weighted by Gasteiger charge is 2.53. The number of fused-ring (bicyclic) bond motifs is 1. The molecule has 0 spiro atoms. The summed E-state index contributed by atoms with van der Waals surface area (Å²) in [6, 6.07) is 11.8. The first-order valence-electron chi connectivity index (χ1n) is 8.98. The van der Waals surface area contributed by atoms with Crippen molar-refractivity contribution in [2.45, 2.75) is 25.6 Å². The van der Waals surface area contributed by atoms with Crippen molar-refractivity contribution in [3.8, 4) is 5.75 Å². The molecule has 8 heteroatoms. The predicted molar refractivity (Wildman–Crippen MR) is 109 cm³/mol. The smallest absolute Gasteiger partial charge is 0.325 e. The van der Waals surface area contributed by atoms with Crippen LogP contribution in [0.5, 0.6) is 5.75 Å². The van der Waals surface area contributed by atoms with Gasteiger partial charge in [-0.1, -0.05) is 29.8 Å². The van der Waals surface area contributed by atoms with Crippen LogP contribution < -0.4 is 9.64 Å². The number of carbonyl (C=O) groups is 1. The van der Waals surface area contributed by atoms with Crippen molar-refractivity contribution in [1.29, 1.82) is 0 Å². The first-order valence-corrected chi connectivity index (χ1v) is 11.2. The molecule has 2 saturated heterocycles. The van der Waals surface area contributed by atoms with Crippen LogP contribution in [-0.2, 0) is 16.4 Å². The van der Waals surface area contributed by atoms with Crippen molar-refractivity contribution >= 4 is 33.2 Å². The van der Waals surface area contributed by atoms with E-state index in [-0.39, 0.29) is 23.6 Å². The highest BCUT2D eigenvalue weighted by molar-refractivity contribution is 7.91. The monoisotopic (exact) mass is 420 g/mol. The Balaban J connectivity index is 1.71. The number of hydrogen-bond acceptors (Lipinski definition) is 4. The molecule has 2 heterocycles. The highest BCUT2D eigenvalue weighted by atomic mass is 35.5. The predicted octanol–water partition coefficient (Wildman–Crippen LogP) is 3.26. The van der Waals surface area contributed by atoms with Gasteiger partial charge in [0, 0.05) is 17.3 Å². The molecule has 0 aromatic heterocycles. The number of anilines is 1. The van der Waals surface area contributed by atoms with E-state index in [1.54, 1.807) is 23.0 Å². The number of aryl methyl sites for hydroxylation is 1. The normalized spacial score (nSPS) is 23.2. The number of nitrogens with zero attached hydrogens (tertiary/aromatic N) is 2. The molecule has 28 heavy (non-hydrogen) atoms. The lowest BCUT2D eigenvalue weighted by atomic mass is 10.1. The zero-order valence-corrected chi connectivity index (χ0v) is 17.2. The molecule has 0 bridgehead atoms. The van der Waals surface area contributed by atoms with E-state index in [4.69, 9.17) is 16.3 Å². The van der Waals surface area contributed by atoms with Crippen molar-refractivity contribution in [3.05, 3.63) is 58.6 Å². The van der Waals surface area contributed by atoms with E-state index in [0.29, 0.717) is 23.0 Å². The van der Waals surface area contributed by atoms with E-state index in [1.807, 2.05) is 43.3 Å². The van der Waals surface area contributed by atoms with Gasteiger partial charge < -0.3 is 9.64 Å². The molecule has 2 amide bonds. The van der Waals surface area contributed by atoms with Gasteiger partial charge in [-0.15, -0.1) is 0 Å². The van der Waals surface area contributed by atoms with Crippen molar-refractivity contribution in [3.63, 3.8) is 0 Å². The lowest BCUT2D eigenvalue weighted by molar-refractivity contribution is 0.206. The molecule has 0 radical (unpaired) electrons. The average molecular weight is 421 g/mol. The van der Waals surface area contributed by atoms with Crippen LogP contribution in [0.25, 0.3) is 0 Å². The second kappa shape index (κ2) is 6.97. The van der Waals surface area contributed by atoms with Crippen LogP contribution in [0, 0.1) is 6.92 Å². The van der Waals surface area contributed by atoms with Crippen molar-refractivity contribution < 1.29 is 17.9 Å². The van der Waals surface area contributed by atoms with Crippen LogP contribution in [0.15, 0.2) is 42.5 Å². The standard InChI is InChI=1S/C20H21ClN2O4S/c1-13-6-7-15(9-17(13)21)23-19-12-28(25,26)11-18(19)22(20(23)24)10-14-4-3-5-16(8-14)27-2/h3-9,18-19H,10-12H2,1-2H3. The second-order valence-electron chi connectivity index (χ2n) is 7.28. The third-order valence-electron chi connectivity index (χ3n) is 5.40. The molecular weight excluding hydrogens is 400 g/mol. The van der Waals surface area contributed by atoms with E-state index in [2.05, 4.69) is 0 Å². The SMILES string of the molecule is COc1cccc(CN2C(=O)N(c3ccc(C)c(Cl)c3)C3CS(=O)(=O)CC32)c1. The number of urea groups is 1. The highest BCUT2D eigenvalue weighted by Crippen LogP contribution is 2.37. The maximum Gasteiger partial charge on any atom is 0.325 e. The summed E-state index contributed by atoms with van der Waals surface area (Å²) in [6.07, 6.45) is 0. The maximum absolute atomic E-state index is 13.3. The van der Waals surface area contributed by atoms with E-state index < -0.39 is 15.9 Å². The summed E-state index contributed by atoms with van der Waals surface area (Å²) >= 11 is 6.25. The first-order chi connectivity index (χ1) is 13.3. The van der Waals surface area contributed by atoms with Gasteiger partial charge in [-0.2, -0.15) is 0 Å². The van der Waals surface area contributed by atoms with E-state index >= 15 is 0 Å². The van der Waals surface area contributed by atoms with Crippen LogP contribution >= 0.6 is 11.6 Å². The number of benzene rings is 2. The summed E-state index contributed by atoms with van der Waals surface area (Å²) in [7, 11) is -1.63. The number of ether oxygens (including phenoxy) is 1. The minimum atomic E-state index is -3.22. The molecule has 6 nitrogen and oxygen atoms in total. The summed E-state index contributed by atoms with van der Waals surface area (Å²) in [5.74, 6) is 0.634. The number of rotatable bonds is 4. The van der Waals surface area contributed by atoms with E-state index in [1.165, 1.54) is 0 Å². The first kappa shape index (κ1) is 19.1. The Morgan fingerprint density at radius 2 is 1.89 bits per heavy atom. The number of methoxy groups -OCH3 is 1. The minimum Gasteiger partial charge on any atom is -0.497 e. The molecule has 4 rings (SSSR count). The summed E-state index contributed by atoms with van der Waals surface area (Å²) in [4.78, 5) is 16.5. The molecule has 2 atom stereocenters. The Morgan fingerprint density at radius 1 is 1.14 bits per heavy atom. The molecular formula is C20H21ClN2O4S. The van der Waals surface area contributed by atoms with Crippen LogP contribution in [0.3, 0.4) is 0 Å². The van der Waals surface area contributed by atoms with Gasteiger partial charge in [0.25, 0.3) is 0 Å². The number of hydrogen-bond donors (Lipinski definition) is 0. The third-order valence-corrected chi connectivity index (χ3v) is 7.50. The van der Waals surface area contributed by atoms with Crippen LogP contribution in [0.2, 0.25) is 5.02 Å². The fourth-order valence-electron chi connectivity index (χ4n) is 3.96. The zero-order chi connectivity index (χ0) is 20.1. The fourth-order valence-corrected chi connectivity index (χ4v) is 6.09. The largest absolute Gasteiger partial charge is 0.497 e. The molecule has 2 aliphatic heterocycles. The Hall–Kier alpha value is -2.25. The molecule has 148 valence electrons. The Labute approximate surface area is 169 Å². The summed E-state index contributed by atoms with van der Waals surface area (Å²) in [6.45, 7) is 2.21. The van der Waals surface area contributed by atoms with Gasteiger partial charge in [0.1, 0.15) is 5.75 Å². The zero-order valence-electron chi connectivity index (χ0n) is 15.6. The van der Waals surface area contributed by atoms with Crippen molar-refractivity contribution in [2.75, 3.05) is 23.5 Å². The van der Waals surface area contributed by atoms with Gasteiger partial charge >= 0.3 is 6.03 Å². The average Bonchev–Trinajstić information content (AvgIpc) is 3.08. The Bertz CT molecular complexity index is 1040. The molecule has 2 aliphatic rings. The summed E-state index contributed by atoms with van der Waals surface area (Å²) in [5, 5.41) is 0.550. The van der Waals surface area contributed by atoms with Crippen LogP contribution in [0.1, 0.15) is 11.1 Å².